The lowest BCUT2D eigenvalue weighted by molar-refractivity contribution is 0.0514. The first-order chi connectivity index (χ1) is 12.2. The first-order valence-corrected chi connectivity index (χ1v) is 10.2. The average molecular weight is 352 g/mol. The van der Waals surface area contributed by atoms with Crippen LogP contribution in [-0.2, 0) is 4.74 Å². The molecule has 0 bridgehead atoms. The Bertz CT molecular complexity index is 518. The molecule has 4 heteroatoms. The zero-order valence-electron chi connectivity index (χ0n) is 15.9. The molecule has 3 nitrogen and oxygen atoms in total. The van der Waals surface area contributed by atoms with E-state index in [1.807, 2.05) is 0 Å². The van der Waals surface area contributed by atoms with Gasteiger partial charge in [-0.1, -0.05) is 51.9 Å². The topological polar surface area (TPSA) is 42.1 Å². The number of hydrogen-bond donors (Lipinski definition) is 1. The minimum absolute atomic E-state index is 0.0222. The van der Waals surface area contributed by atoms with Crippen molar-refractivity contribution in [2.24, 2.45) is 5.92 Å². The van der Waals surface area contributed by atoms with E-state index in [0.29, 0.717) is 5.56 Å². The summed E-state index contributed by atoms with van der Waals surface area (Å²) in [4.78, 5) is 14.5. The molecular weight excluding hydrogens is 317 g/mol. The normalized spacial score (nSPS) is 20.6. The molecule has 1 aromatic heterocycles. The largest absolute Gasteiger partial charge is 0.461 e. The number of carbonyl (C=O) groups is 1. The predicted molar refractivity (Wildman–Crippen MR) is 99.4 cm³/mol. The van der Waals surface area contributed by atoms with Gasteiger partial charge in [-0.15, -0.1) is 0 Å². The first-order valence-electron chi connectivity index (χ1n) is 10.2. The van der Waals surface area contributed by atoms with Crippen LogP contribution in [0.4, 0.5) is 4.39 Å². The van der Waals surface area contributed by atoms with Crippen molar-refractivity contribution in [1.29, 1.82) is 0 Å². The Hall–Kier alpha value is -1.32. The fourth-order valence-corrected chi connectivity index (χ4v) is 4.05. The van der Waals surface area contributed by atoms with Crippen molar-refractivity contribution >= 4 is 5.97 Å². The molecule has 0 saturated heterocycles. The number of halogens is 1. The lowest BCUT2D eigenvalue weighted by Gasteiger charge is -2.28. The molecule has 1 aliphatic rings. The van der Waals surface area contributed by atoms with E-state index in [0.717, 1.165) is 18.8 Å². The van der Waals surface area contributed by atoms with Crippen molar-refractivity contribution in [3.63, 3.8) is 0 Å². The Morgan fingerprint density at radius 1 is 1.12 bits per heavy atom. The van der Waals surface area contributed by atoms with Gasteiger partial charge in [0.25, 0.3) is 0 Å². The smallest absolute Gasteiger partial charge is 0.357 e. The maximum absolute atomic E-state index is 14.5. The van der Waals surface area contributed by atoms with Crippen LogP contribution >= 0.6 is 0 Å². The predicted octanol–water partition coefficient (Wildman–Crippen LogP) is 6.35. The summed E-state index contributed by atoms with van der Waals surface area (Å²) in [5.74, 6) is 0.0371. The van der Waals surface area contributed by atoms with Gasteiger partial charge in [0.2, 0.25) is 0 Å². The number of carbonyl (C=O) groups excluding carboxylic acids is 1. The minimum atomic E-state index is -0.594. The molecule has 0 aromatic carbocycles. The van der Waals surface area contributed by atoms with E-state index in [-0.39, 0.29) is 18.2 Å². The second-order valence-electron chi connectivity index (χ2n) is 7.43. The summed E-state index contributed by atoms with van der Waals surface area (Å²) in [7, 11) is 0. The zero-order chi connectivity index (χ0) is 18.1. The third kappa shape index (κ3) is 5.86. The van der Waals surface area contributed by atoms with Crippen molar-refractivity contribution in [3.8, 4) is 0 Å². The third-order valence-corrected chi connectivity index (χ3v) is 5.58. The van der Waals surface area contributed by atoms with Crippen molar-refractivity contribution < 1.29 is 13.9 Å². The molecular formula is C21H34FNO2. The molecule has 1 aliphatic carbocycles. The van der Waals surface area contributed by atoms with E-state index < -0.39 is 11.8 Å². The van der Waals surface area contributed by atoms with Gasteiger partial charge in [-0.05, 0) is 44.4 Å². The number of esters is 1. The second kappa shape index (κ2) is 10.6. The summed E-state index contributed by atoms with van der Waals surface area (Å²) < 4.78 is 19.4. The van der Waals surface area contributed by atoms with Crippen LogP contribution in [0.5, 0.6) is 0 Å². The summed E-state index contributed by atoms with van der Waals surface area (Å²) in [6, 6.07) is 0. The highest BCUT2D eigenvalue weighted by atomic mass is 19.1. The van der Waals surface area contributed by atoms with Crippen LogP contribution in [0.15, 0.2) is 6.20 Å². The Morgan fingerprint density at radius 2 is 1.80 bits per heavy atom. The van der Waals surface area contributed by atoms with E-state index in [1.165, 1.54) is 57.8 Å². The number of aromatic amines is 1. The van der Waals surface area contributed by atoms with Gasteiger partial charge in [0.15, 0.2) is 11.5 Å². The first kappa shape index (κ1) is 20.0. The van der Waals surface area contributed by atoms with Crippen molar-refractivity contribution in [1.82, 2.24) is 4.98 Å². The van der Waals surface area contributed by atoms with Crippen LogP contribution in [0, 0.1) is 11.7 Å². The average Bonchev–Trinajstić information content (AvgIpc) is 3.00. The standard InChI is InChI=1S/C21H34FNO2/c1-3-5-6-7-8-9-10-16-11-13-17(14-12-16)18-15-23-20(19(18)22)21(24)25-4-2/h15-17,23H,3-14H2,1-2H3/t16-,17+. The lowest BCUT2D eigenvalue weighted by atomic mass is 9.77. The number of unbranched alkanes of at least 4 members (excludes halogenated alkanes) is 5. The summed E-state index contributed by atoms with van der Waals surface area (Å²) in [5.41, 5.74) is 0.645. The summed E-state index contributed by atoms with van der Waals surface area (Å²) in [5, 5.41) is 0. The molecule has 142 valence electrons. The van der Waals surface area contributed by atoms with Crippen molar-refractivity contribution in [2.75, 3.05) is 6.61 Å². The molecule has 0 radical (unpaired) electrons. The molecule has 0 aliphatic heterocycles. The molecule has 25 heavy (non-hydrogen) atoms. The number of H-pyrrole nitrogens is 1. The highest BCUT2D eigenvalue weighted by Gasteiger charge is 2.28. The number of ether oxygens (including phenoxy) is 1. The van der Waals surface area contributed by atoms with Crippen LogP contribution in [-0.4, -0.2) is 17.6 Å². The Labute approximate surface area is 151 Å². The van der Waals surface area contributed by atoms with E-state index in [9.17, 15) is 9.18 Å². The lowest BCUT2D eigenvalue weighted by Crippen LogP contribution is -2.14. The minimum Gasteiger partial charge on any atom is -0.461 e. The maximum Gasteiger partial charge on any atom is 0.357 e. The van der Waals surface area contributed by atoms with Gasteiger partial charge in [0.05, 0.1) is 6.61 Å². The summed E-state index contributed by atoms with van der Waals surface area (Å²) >= 11 is 0. The highest BCUT2D eigenvalue weighted by molar-refractivity contribution is 5.88. The Balaban J connectivity index is 1.74. The molecule has 0 spiro atoms. The van der Waals surface area contributed by atoms with Crippen LogP contribution in [0.2, 0.25) is 0 Å². The highest BCUT2D eigenvalue weighted by Crippen LogP contribution is 2.39. The van der Waals surface area contributed by atoms with E-state index in [4.69, 9.17) is 4.74 Å². The van der Waals surface area contributed by atoms with Gasteiger partial charge >= 0.3 is 5.97 Å². The number of hydrogen-bond acceptors (Lipinski definition) is 2. The third-order valence-electron chi connectivity index (χ3n) is 5.58. The van der Waals surface area contributed by atoms with Crippen molar-refractivity contribution in [2.45, 2.75) is 90.4 Å². The number of nitrogens with one attached hydrogen (secondary N) is 1. The molecule has 2 rings (SSSR count). The molecule has 1 aromatic rings. The molecule has 1 N–H and O–H groups in total. The fraction of sp³-hybridized carbons (Fsp3) is 0.762. The quantitative estimate of drug-likeness (QED) is 0.394. The van der Waals surface area contributed by atoms with Gasteiger partial charge in [-0.3, -0.25) is 0 Å². The Morgan fingerprint density at radius 3 is 2.48 bits per heavy atom. The fourth-order valence-electron chi connectivity index (χ4n) is 4.05. The SMILES string of the molecule is CCCCCCCC[C@H]1CC[C@@H](c2c[nH]c(C(=O)OCC)c2F)CC1. The molecule has 0 unspecified atom stereocenters. The van der Waals surface area contributed by atoms with E-state index >= 15 is 0 Å². The number of rotatable bonds is 10. The van der Waals surface area contributed by atoms with Crippen LogP contribution in [0.1, 0.15) is 106 Å². The molecule has 0 amide bonds. The van der Waals surface area contributed by atoms with Crippen LogP contribution < -0.4 is 0 Å². The second-order valence-corrected chi connectivity index (χ2v) is 7.43. The summed E-state index contributed by atoms with van der Waals surface area (Å²) in [6.07, 6.45) is 15.5. The maximum atomic E-state index is 14.5. The number of aromatic nitrogens is 1. The van der Waals surface area contributed by atoms with Gasteiger partial charge in [0, 0.05) is 11.8 Å². The monoisotopic (exact) mass is 351 g/mol. The van der Waals surface area contributed by atoms with Gasteiger partial charge in [-0.2, -0.15) is 0 Å². The summed E-state index contributed by atoms with van der Waals surface area (Å²) in [6.45, 7) is 4.24. The van der Waals surface area contributed by atoms with Crippen LogP contribution in [0.25, 0.3) is 0 Å². The van der Waals surface area contributed by atoms with Gasteiger partial charge in [-0.25, -0.2) is 9.18 Å². The Kier molecular flexibility index (Phi) is 8.50. The van der Waals surface area contributed by atoms with Gasteiger partial charge < -0.3 is 9.72 Å². The zero-order valence-corrected chi connectivity index (χ0v) is 15.9. The van der Waals surface area contributed by atoms with E-state index in [2.05, 4.69) is 11.9 Å². The van der Waals surface area contributed by atoms with Gasteiger partial charge in [0.1, 0.15) is 0 Å². The van der Waals surface area contributed by atoms with Crippen molar-refractivity contribution in [3.05, 3.63) is 23.3 Å². The molecule has 1 fully saturated rings. The molecule has 1 saturated carbocycles. The molecule has 0 atom stereocenters. The molecule has 1 heterocycles. The van der Waals surface area contributed by atoms with E-state index in [1.54, 1.807) is 13.1 Å². The van der Waals surface area contributed by atoms with Crippen LogP contribution in [0.3, 0.4) is 0 Å².